The summed E-state index contributed by atoms with van der Waals surface area (Å²) >= 11 is 0. The molecular formula is C30H35F4N3. The summed E-state index contributed by atoms with van der Waals surface area (Å²) in [7, 11) is 0.500. The molecule has 7 heteroatoms. The molecular weight excluding hydrogens is 478 g/mol. The van der Waals surface area contributed by atoms with Gasteiger partial charge < -0.3 is 15.5 Å². The van der Waals surface area contributed by atoms with Gasteiger partial charge in [-0.2, -0.15) is 0 Å². The minimum atomic E-state index is -2.38. The van der Waals surface area contributed by atoms with Crippen molar-refractivity contribution in [2.75, 3.05) is 13.7 Å². The van der Waals surface area contributed by atoms with Crippen LogP contribution in [0.25, 0.3) is 5.70 Å². The monoisotopic (exact) mass is 513 g/mol. The molecule has 0 amide bonds. The molecule has 4 rings (SSSR count). The lowest BCUT2D eigenvalue weighted by Crippen LogP contribution is -2.34. The van der Waals surface area contributed by atoms with Gasteiger partial charge >= 0.3 is 0 Å². The highest BCUT2D eigenvalue weighted by molar-refractivity contribution is 5.69. The molecule has 1 unspecified atom stereocenters. The molecule has 0 radical (unpaired) electrons. The number of rotatable bonds is 7. The van der Waals surface area contributed by atoms with Crippen LogP contribution < -0.4 is 10.6 Å². The van der Waals surface area contributed by atoms with Crippen LogP contribution in [0.4, 0.5) is 17.6 Å². The number of halogens is 4. The first-order valence-corrected chi connectivity index (χ1v) is 12.0. The molecule has 0 aromatic heterocycles. The fourth-order valence-electron chi connectivity index (χ4n) is 4.00. The van der Waals surface area contributed by atoms with E-state index in [-0.39, 0.29) is 17.4 Å². The molecule has 198 valence electrons. The Kier molecular flexibility index (Phi) is 11.7. The molecule has 0 spiro atoms. The van der Waals surface area contributed by atoms with Crippen molar-refractivity contribution in [2.24, 2.45) is 0 Å². The van der Waals surface area contributed by atoms with Gasteiger partial charge in [-0.25, -0.2) is 13.2 Å². The molecule has 0 bridgehead atoms. The van der Waals surface area contributed by atoms with Crippen LogP contribution in [0.2, 0.25) is 0 Å². The van der Waals surface area contributed by atoms with Crippen molar-refractivity contribution >= 4 is 5.70 Å². The van der Waals surface area contributed by atoms with Crippen LogP contribution in [-0.2, 0) is 13.0 Å². The number of nitrogens with one attached hydrogen (secondary N) is 2. The summed E-state index contributed by atoms with van der Waals surface area (Å²) in [5.41, 5.74) is 5.01. The Labute approximate surface area is 217 Å². The summed E-state index contributed by atoms with van der Waals surface area (Å²) in [4.78, 5) is 2.13. The molecule has 2 N–H and O–H groups in total. The highest BCUT2D eigenvalue weighted by Gasteiger charge is 2.28. The number of nitrogens with zero attached hydrogens (tertiary/aromatic N) is 1. The molecule has 3 nitrogen and oxygen atoms in total. The van der Waals surface area contributed by atoms with Gasteiger partial charge in [0.1, 0.15) is 5.82 Å². The number of allylic oxidation sites excluding steroid dienone is 4. The molecule has 2 aromatic carbocycles. The molecule has 2 aliphatic rings. The van der Waals surface area contributed by atoms with E-state index in [1.54, 1.807) is 18.2 Å². The van der Waals surface area contributed by atoms with Gasteiger partial charge in [-0.1, -0.05) is 81.3 Å². The maximum Gasteiger partial charge on any atom is 0.263 e. The third-order valence-electron chi connectivity index (χ3n) is 5.81. The number of fused-ring (bicyclic) bond motifs is 1. The number of hydrogen-bond acceptors (Lipinski definition) is 3. The molecule has 0 aliphatic carbocycles. The Bertz CT molecular complexity index is 1120. The highest BCUT2D eigenvalue weighted by atomic mass is 19.3. The van der Waals surface area contributed by atoms with Crippen LogP contribution in [-0.4, -0.2) is 31.1 Å². The molecule has 2 heterocycles. The van der Waals surface area contributed by atoms with Gasteiger partial charge in [0.15, 0.2) is 0 Å². The van der Waals surface area contributed by atoms with E-state index < -0.39 is 6.43 Å². The average molecular weight is 514 g/mol. The molecule has 2 aromatic rings. The van der Waals surface area contributed by atoms with Crippen molar-refractivity contribution in [3.8, 4) is 0 Å². The third-order valence-corrected chi connectivity index (χ3v) is 5.81. The SMILES string of the molecule is C=C1NC(=C)C(CN2Cc3ccc(F)cc3C2=C)N1.CC/C=C(\C=C/Cc1ccccc1)C(F)F.CF. The van der Waals surface area contributed by atoms with Crippen LogP contribution in [0.1, 0.15) is 30.0 Å². The van der Waals surface area contributed by atoms with Crippen LogP contribution >= 0.6 is 0 Å². The summed E-state index contributed by atoms with van der Waals surface area (Å²) in [5, 5.41) is 6.30. The van der Waals surface area contributed by atoms with Gasteiger partial charge in [0, 0.05) is 35.6 Å². The van der Waals surface area contributed by atoms with Gasteiger partial charge in [0.2, 0.25) is 0 Å². The second kappa shape index (κ2) is 14.7. The van der Waals surface area contributed by atoms with Gasteiger partial charge in [-0.3, -0.25) is 4.39 Å². The van der Waals surface area contributed by atoms with E-state index in [9.17, 15) is 17.6 Å². The Morgan fingerprint density at radius 3 is 2.41 bits per heavy atom. The van der Waals surface area contributed by atoms with E-state index in [2.05, 4.69) is 35.3 Å². The predicted molar refractivity (Wildman–Crippen MR) is 145 cm³/mol. The Morgan fingerprint density at radius 1 is 1.11 bits per heavy atom. The van der Waals surface area contributed by atoms with Crippen molar-refractivity contribution in [3.63, 3.8) is 0 Å². The second-order valence-electron chi connectivity index (χ2n) is 8.46. The third kappa shape index (κ3) is 8.70. The fraction of sp³-hybridized carbons (Fsp3) is 0.267. The van der Waals surface area contributed by atoms with E-state index >= 15 is 0 Å². The van der Waals surface area contributed by atoms with E-state index in [4.69, 9.17) is 0 Å². The summed E-state index contributed by atoms with van der Waals surface area (Å²) < 4.78 is 47.8. The minimum absolute atomic E-state index is 0.100. The highest BCUT2D eigenvalue weighted by Crippen LogP contribution is 2.32. The molecule has 0 saturated carbocycles. The van der Waals surface area contributed by atoms with Crippen LogP contribution in [0.3, 0.4) is 0 Å². The fourth-order valence-corrected chi connectivity index (χ4v) is 4.00. The summed E-state index contributed by atoms with van der Waals surface area (Å²) in [5.74, 6) is 0.545. The number of benzene rings is 2. The molecule has 1 fully saturated rings. The Hall–Kier alpha value is -3.74. The van der Waals surface area contributed by atoms with Crippen molar-refractivity contribution < 1.29 is 17.6 Å². The normalized spacial score (nSPS) is 16.6. The Morgan fingerprint density at radius 2 is 1.81 bits per heavy atom. The van der Waals surface area contributed by atoms with E-state index in [1.807, 2.05) is 43.3 Å². The summed E-state index contributed by atoms with van der Waals surface area (Å²) in [6, 6.07) is 14.8. The topological polar surface area (TPSA) is 27.3 Å². The first kappa shape index (κ1) is 29.5. The quantitative estimate of drug-likeness (QED) is 0.305. The van der Waals surface area contributed by atoms with Crippen molar-refractivity contribution in [1.82, 2.24) is 15.5 Å². The number of alkyl halides is 3. The largest absolute Gasteiger partial charge is 0.365 e. The van der Waals surface area contributed by atoms with Gasteiger partial charge in [-0.05, 0) is 36.1 Å². The smallest absolute Gasteiger partial charge is 0.263 e. The lowest BCUT2D eigenvalue weighted by atomic mass is 10.1. The molecule has 1 atom stereocenters. The van der Waals surface area contributed by atoms with E-state index in [0.717, 1.165) is 47.0 Å². The zero-order chi connectivity index (χ0) is 27.4. The predicted octanol–water partition coefficient (Wildman–Crippen LogP) is 7.13. The van der Waals surface area contributed by atoms with Gasteiger partial charge in [-0.15, -0.1) is 0 Å². The Balaban J connectivity index is 0.000000248. The molecule has 1 saturated heterocycles. The van der Waals surface area contributed by atoms with Crippen LogP contribution in [0, 0.1) is 5.82 Å². The lowest BCUT2D eigenvalue weighted by molar-refractivity contribution is 0.193. The van der Waals surface area contributed by atoms with Crippen molar-refractivity contribution in [2.45, 2.75) is 38.8 Å². The summed E-state index contributed by atoms with van der Waals surface area (Å²) in [6.07, 6.45) is 3.80. The van der Waals surface area contributed by atoms with Crippen LogP contribution in [0.5, 0.6) is 0 Å². The number of hydrogen-bond donors (Lipinski definition) is 2. The van der Waals surface area contributed by atoms with Crippen molar-refractivity contribution in [1.29, 1.82) is 0 Å². The van der Waals surface area contributed by atoms with Gasteiger partial charge in [0.05, 0.1) is 19.0 Å². The first-order chi connectivity index (χ1) is 17.8. The average Bonchev–Trinajstić information content (AvgIpc) is 3.37. The molecule has 37 heavy (non-hydrogen) atoms. The minimum Gasteiger partial charge on any atom is -0.365 e. The maximum atomic E-state index is 13.3. The maximum absolute atomic E-state index is 13.3. The van der Waals surface area contributed by atoms with E-state index in [0.29, 0.717) is 20.0 Å². The zero-order valence-corrected chi connectivity index (χ0v) is 21.4. The van der Waals surface area contributed by atoms with Crippen molar-refractivity contribution in [3.05, 3.63) is 126 Å². The molecule has 2 aliphatic heterocycles. The van der Waals surface area contributed by atoms with Gasteiger partial charge in [0.25, 0.3) is 6.43 Å². The summed E-state index contributed by atoms with van der Waals surface area (Å²) in [6.45, 7) is 15.2. The lowest BCUT2D eigenvalue weighted by Gasteiger charge is -2.23. The first-order valence-electron chi connectivity index (χ1n) is 12.0. The standard InChI is InChI=1S/C15H16FN3.C14H16F2.CH3F/c1-9-15(18-11(3)17-9)8-19-7-12-4-5-13(16)6-14(12)10(19)2;1-2-7-13(14(15)16)11-6-10-12-8-4-3-5-9-12;1-2/h4-6,15,17-18H,1-3,7-8H2;3-9,11,14H,2,10H2,1H3;1H3/b;11-6-,13-7+;. The zero-order valence-electron chi connectivity index (χ0n) is 21.4. The van der Waals surface area contributed by atoms with Crippen LogP contribution in [0.15, 0.2) is 104 Å². The second-order valence-corrected chi connectivity index (χ2v) is 8.46. The van der Waals surface area contributed by atoms with E-state index in [1.165, 1.54) is 12.1 Å².